The number of carbonyl (C=O) groups is 1. The molecule has 4 rings (SSSR count). The number of piperazine rings is 1. The van der Waals surface area contributed by atoms with E-state index in [0.29, 0.717) is 30.3 Å². The molecule has 8 nitrogen and oxygen atoms in total. The smallest absolute Gasteiger partial charge is 0.290 e. The van der Waals surface area contributed by atoms with E-state index in [-0.39, 0.29) is 18.0 Å². The molecule has 0 bridgehead atoms. The molecule has 1 amide bonds. The van der Waals surface area contributed by atoms with Crippen LogP contribution in [-0.2, 0) is 0 Å². The Morgan fingerprint density at radius 2 is 2.00 bits per heavy atom. The zero-order valence-corrected chi connectivity index (χ0v) is 16.1. The SMILES string of the molecule is C[C@@H]1CN(c2ccnc([C@@H](C)O)n2)C[C@H](C)N1C(=O)c1cc2cnccc2o1. The van der Waals surface area contributed by atoms with Gasteiger partial charge in [0.1, 0.15) is 17.5 Å². The van der Waals surface area contributed by atoms with Gasteiger partial charge in [-0.05, 0) is 39.0 Å². The minimum atomic E-state index is -0.722. The summed E-state index contributed by atoms with van der Waals surface area (Å²) in [4.78, 5) is 29.7. The fraction of sp³-hybridized carbons (Fsp3) is 0.400. The molecule has 1 saturated heterocycles. The van der Waals surface area contributed by atoms with E-state index >= 15 is 0 Å². The molecule has 0 aliphatic carbocycles. The van der Waals surface area contributed by atoms with Crippen molar-refractivity contribution in [1.82, 2.24) is 19.9 Å². The van der Waals surface area contributed by atoms with E-state index in [2.05, 4.69) is 19.9 Å². The summed E-state index contributed by atoms with van der Waals surface area (Å²) < 4.78 is 5.74. The number of anilines is 1. The molecule has 0 radical (unpaired) electrons. The molecule has 0 unspecified atom stereocenters. The number of fused-ring (bicyclic) bond motifs is 1. The van der Waals surface area contributed by atoms with Gasteiger partial charge >= 0.3 is 0 Å². The Labute approximate surface area is 162 Å². The second-order valence-electron chi connectivity index (χ2n) is 7.29. The molecule has 0 spiro atoms. The quantitative estimate of drug-likeness (QED) is 0.744. The van der Waals surface area contributed by atoms with E-state index in [1.165, 1.54) is 0 Å². The van der Waals surface area contributed by atoms with Crippen LogP contribution in [0.25, 0.3) is 11.0 Å². The van der Waals surface area contributed by atoms with Crippen LogP contribution in [0.1, 0.15) is 43.3 Å². The Hall–Kier alpha value is -3.00. The van der Waals surface area contributed by atoms with Crippen molar-refractivity contribution in [3.63, 3.8) is 0 Å². The number of hydrogen-bond donors (Lipinski definition) is 1. The van der Waals surface area contributed by atoms with E-state index in [1.807, 2.05) is 24.8 Å². The summed E-state index contributed by atoms with van der Waals surface area (Å²) in [5, 5.41) is 10.6. The Morgan fingerprint density at radius 3 is 2.68 bits per heavy atom. The minimum Gasteiger partial charge on any atom is -0.451 e. The molecule has 1 N–H and O–H groups in total. The van der Waals surface area contributed by atoms with Crippen LogP contribution >= 0.6 is 0 Å². The van der Waals surface area contributed by atoms with E-state index in [4.69, 9.17) is 4.42 Å². The fourth-order valence-electron chi connectivity index (χ4n) is 3.77. The van der Waals surface area contributed by atoms with Crippen molar-refractivity contribution in [2.45, 2.75) is 39.0 Å². The highest BCUT2D eigenvalue weighted by atomic mass is 16.3. The molecule has 0 saturated carbocycles. The maximum absolute atomic E-state index is 13.1. The molecule has 3 aromatic heterocycles. The van der Waals surface area contributed by atoms with Crippen LogP contribution in [0.2, 0.25) is 0 Å². The zero-order chi connectivity index (χ0) is 19.8. The second kappa shape index (κ2) is 7.20. The summed E-state index contributed by atoms with van der Waals surface area (Å²) in [6.07, 6.45) is 4.27. The lowest BCUT2D eigenvalue weighted by Gasteiger charge is -2.44. The average Bonchev–Trinajstić information content (AvgIpc) is 3.11. The fourth-order valence-corrected chi connectivity index (χ4v) is 3.77. The second-order valence-corrected chi connectivity index (χ2v) is 7.29. The van der Waals surface area contributed by atoms with Crippen LogP contribution in [0.5, 0.6) is 0 Å². The van der Waals surface area contributed by atoms with Crippen LogP contribution in [0.4, 0.5) is 5.82 Å². The van der Waals surface area contributed by atoms with Gasteiger partial charge in [-0.25, -0.2) is 9.97 Å². The normalized spacial score (nSPS) is 21.1. The van der Waals surface area contributed by atoms with Crippen molar-refractivity contribution in [2.24, 2.45) is 0 Å². The van der Waals surface area contributed by atoms with Crippen LogP contribution in [0.15, 0.2) is 41.2 Å². The summed E-state index contributed by atoms with van der Waals surface area (Å²) in [6, 6.07) is 5.26. The molecule has 3 aromatic rings. The minimum absolute atomic E-state index is 0.0347. The third-order valence-corrected chi connectivity index (χ3v) is 5.04. The zero-order valence-electron chi connectivity index (χ0n) is 16.1. The highest BCUT2D eigenvalue weighted by Gasteiger charge is 2.35. The van der Waals surface area contributed by atoms with Crippen LogP contribution in [0, 0.1) is 0 Å². The molecule has 28 heavy (non-hydrogen) atoms. The number of amides is 1. The molecular weight excluding hydrogens is 358 g/mol. The summed E-state index contributed by atoms with van der Waals surface area (Å²) in [6.45, 7) is 6.94. The van der Waals surface area contributed by atoms with Gasteiger partial charge in [0.15, 0.2) is 11.6 Å². The van der Waals surface area contributed by atoms with E-state index in [1.54, 1.807) is 37.6 Å². The molecular formula is C20H23N5O3. The van der Waals surface area contributed by atoms with Gasteiger partial charge in [-0.3, -0.25) is 9.78 Å². The van der Waals surface area contributed by atoms with E-state index in [0.717, 1.165) is 11.2 Å². The molecule has 3 atom stereocenters. The lowest BCUT2D eigenvalue weighted by molar-refractivity contribution is 0.0543. The van der Waals surface area contributed by atoms with E-state index in [9.17, 15) is 9.90 Å². The monoisotopic (exact) mass is 381 g/mol. The van der Waals surface area contributed by atoms with Gasteiger partial charge in [0, 0.05) is 49.1 Å². The number of rotatable bonds is 3. The predicted molar refractivity (Wildman–Crippen MR) is 104 cm³/mol. The Kier molecular flexibility index (Phi) is 4.72. The third-order valence-electron chi connectivity index (χ3n) is 5.04. The Bertz CT molecular complexity index is 957. The lowest BCUT2D eigenvalue weighted by atomic mass is 10.1. The first-order valence-corrected chi connectivity index (χ1v) is 9.36. The highest BCUT2D eigenvalue weighted by Crippen LogP contribution is 2.25. The van der Waals surface area contributed by atoms with Crippen molar-refractivity contribution in [2.75, 3.05) is 18.0 Å². The van der Waals surface area contributed by atoms with Gasteiger partial charge in [0.2, 0.25) is 0 Å². The summed E-state index contributed by atoms with van der Waals surface area (Å²) in [5.74, 6) is 1.36. The lowest BCUT2D eigenvalue weighted by Crippen LogP contribution is -2.59. The van der Waals surface area contributed by atoms with Crippen LogP contribution in [0.3, 0.4) is 0 Å². The maximum atomic E-state index is 13.1. The number of aliphatic hydroxyl groups is 1. The molecule has 8 heteroatoms. The Balaban J connectivity index is 1.55. The molecule has 0 aromatic carbocycles. The van der Waals surface area contributed by atoms with Crippen molar-refractivity contribution < 1.29 is 14.3 Å². The first-order chi connectivity index (χ1) is 13.4. The molecule has 1 aliphatic heterocycles. The van der Waals surface area contributed by atoms with Crippen LogP contribution < -0.4 is 4.90 Å². The Morgan fingerprint density at radius 1 is 1.25 bits per heavy atom. The largest absolute Gasteiger partial charge is 0.451 e. The number of carbonyl (C=O) groups excluding carboxylic acids is 1. The van der Waals surface area contributed by atoms with Gasteiger partial charge in [-0.15, -0.1) is 0 Å². The summed E-state index contributed by atoms with van der Waals surface area (Å²) in [7, 11) is 0. The number of pyridine rings is 1. The highest BCUT2D eigenvalue weighted by molar-refractivity contribution is 5.96. The predicted octanol–water partition coefficient (Wildman–Crippen LogP) is 2.41. The summed E-state index contributed by atoms with van der Waals surface area (Å²) >= 11 is 0. The van der Waals surface area contributed by atoms with Crippen molar-refractivity contribution >= 4 is 22.7 Å². The van der Waals surface area contributed by atoms with Gasteiger partial charge in [0.05, 0.1) is 0 Å². The average molecular weight is 381 g/mol. The number of hydrogen-bond acceptors (Lipinski definition) is 7. The number of aliphatic hydroxyl groups excluding tert-OH is 1. The van der Waals surface area contributed by atoms with Gasteiger partial charge in [-0.1, -0.05) is 0 Å². The molecule has 146 valence electrons. The topological polar surface area (TPSA) is 95.6 Å². The number of furan rings is 1. The van der Waals surface area contributed by atoms with Gasteiger partial charge in [-0.2, -0.15) is 0 Å². The molecule has 1 fully saturated rings. The van der Waals surface area contributed by atoms with Crippen molar-refractivity contribution in [3.8, 4) is 0 Å². The third kappa shape index (κ3) is 3.31. The van der Waals surface area contributed by atoms with Crippen LogP contribution in [-0.4, -0.2) is 56.0 Å². The molecule has 4 heterocycles. The number of aromatic nitrogens is 3. The van der Waals surface area contributed by atoms with Crippen molar-refractivity contribution in [3.05, 3.63) is 48.4 Å². The van der Waals surface area contributed by atoms with Gasteiger partial charge in [0.25, 0.3) is 5.91 Å². The van der Waals surface area contributed by atoms with E-state index < -0.39 is 6.10 Å². The molecule has 1 aliphatic rings. The maximum Gasteiger partial charge on any atom is 0.290 e. The van der Waals surface area contributed by atoms with Crippen molar-refractivity contribution in [1.29, 1.82) is 0 Å². The first-order valence-electron chi connectivity index (χ1n) is 9.36. The standard InChI is InChI=1S/C20H23N5O3/c1-12-10-24(18-5-7-22-19(23-18)14(3)26)11-13(2)25(12)20(27)17-8-15-9-21-6-4-16(15)28-17/h4-9,12-14,26H,10-11H2,1-3H3/t12-,13+,14-/m1/s1. The van der Waals surface area contributed by atoms with Gasteiger partial charge < -0.3 is 19.3 Å². The summed E-state index contributed by atoms with van der Waals surface area (Å²) in [5.41, 5.74) is 0.656. The number of nitrogens with zero attached hydrogens (tertiary/aromatic N) is 5. The first kappa shape index (κ1) is 18.4.